The van der Waals surface area contributed by atoms with Gasteiger partial charge < -0.3 is 14.4 Å². The number of ether oxygens (including phenoxy) is 2. The Labute approximate surface area is 199 Å². The maximum Gasteiger partial charge on any atom is 0.394 e. The summed E-state index contributed by atoms with van der Waals surface area (Å²) in [5.74, 6) is 0.945. The molecule has 3 aromatic heterocycles. The first-order valence-electron chi connectivity index (χ1n) is 11.6. The van der Waals surface area contributed by atoms with E-state index in [1.165, 1.54) is 0 Å². The number of pyridine rings is 1. The van der Waals surface area contributed by atoms with Crippen molar-refractivity contribution in [1.82, 2.24) is 24.9 Å². The van der Waals surface area contributed by atoms with Crippen molar-refractivity contribution in [2.45, 2.75) is 50.8 Å². The van der Waals surface area contributed by atoms with Crippen molar-refractivity contribution in [2.75, 3.05) is 31.7 Å². The van der Waals surface area contributed by atoms with Crippen LogP contribution in [0.15, 0.2) is 18.3 Å². The lowest BCUT2D eigenvalue weighted by atomic mass is 9.34. The number of hydrogen-bond donors (Lipinski definition) is 0. The van der Waals surface area contributed by atoms with Gasteiger partial charge in [0.05, 0.1) is 42.8 Å². The van der Waals surface area contributed by atoms with Crippen LogP contribution < -0.4 is 9.64 Å². The van der Waals surface area contributed by atoms with E-state index < -0.39 is 17.0 Å². The summed E-state index contributed by atoms with van der Waals surface area (Å²) in [6, 6.07) is 3.70. The molecule has 1 atom stereocenters. The first-order valence-corrected chi connectivity index (χ1v) is 11.6. The molecule has 0 amide bonds. The Morgan fingerprint density at radius 2 is 1.83 bits per heavy atom. The molecule has 1 saturated heterocycles. The second-order valence-corrected chi connectivity index (χ2v) is 9.96. The Bertz CT molecular complexity index is 1310. The van der Waals surface area contributed by atoms with Gasteiger partial charge in [-0.15, -0.1) is 0 Å². The summed E-state index contributed by atoms with van der Waals surface area (Å²) in [5.41, 5.74) is 1.71. The van der Waals surface area contributed by atoms with E-state index in [2.05, 4.69) is 15.0 Å². The van der Waals surface area contributed by atoms with E-state index in [9.17, 15) is 13.2 Å². The number of halogens is 3. The number of fused-ring (bicyclic) bond motifs is 1. The third-order valence-corrected chi connectivity index (χ3v) is 7.75. The molecule has 0 radical (unpaired) electrons. The number of anilines is 1. The molecule has 3 saturated carbocycles. The van der Waals surface area contributed by atoms with Crippen LogP contribution in [0, 0.1) is 19.3 Å². The molecule has 0 spiro atoms. The average molecular weight is 486 g/mol. The number of alkyl halides is 3. The Morgan fingerprint density at radius 3 is 2.54 bits per heavy atom. The Hall–Kier alpha value is -3.08. The summed E-state index contributed by atoms with van der Waals surface area (Å²) < 4.78 is 51.9. The van der Waals surface area contributed by atoms with Crippen LogP contribution in [0.3, 0.4) is 0 Å². The second-order valence-electron chi connectivity index (χ2n) is 9.96. The van der Waals surface area contributed by atoms with Gasteiger partial charge in [0.15, 0.2) is 5.65 Å². The Morgan fingerprint density at radius 1 is 1.09 bits per heavy atom. The first kappa shape index (κ1) is 22.4. The number of aryl methyl sites for hydroxylation is 2. The van der Waals surface area contributed by atoms with Gasteiger partial charge in [-0.2, -0.15) is 18.2 Å². The molecule has 11 heteroatoms. The van der Waals surface area contributed by atoms with Gasteiger partial charge in [0, 0.05) is 24.2 Å². The first-order chi connectivity index (χ1) is 16.6. The molecular weight excluding hydrogens is 461 g/mol. The van der Waals surface area contributed by atoms with Crippen LogP contribution in [0.5, 0.6) is 5.88 Å². The van der Waals surface area contributed by atoms with Crippen molar-refractivity contribution < 1.29 is 22.6 Å². The van der Waals surface area contributed by atoms with Crippen molar-refractivity contribution in [3.8, 4) is 5.88 Å². The zero-order valence-electron chi connectivity index (χ0n) is 19.7. The van der Waals surface area contributed by atoms with Crippen LogP contribution in [0.4, 0.5) is 19.1 Å². The van der Waals surface area contributed by atoms with Gasteiger partial charge in [0.25, 0.3) is 0 Å². The summed E-state index contributed by atoms with van der Waals surface area (Å²) >= 11 is 0. The van der Waals surface area contributed by atoms with E-state index >= 15 is 0 Å². The summed E-state index contributed by atoms with van der Waals surface area (Å²) in [6.45, 7) is 5.18. The maximum absolute atomic E-state index is 13.6. The van der Waals surface area contributed by atoms with Crippen molar-refractivity contribution in [1.29, 1.82) is 0 Å². The second kappa shape index (κ2) is 7.46. The van der Waals surface area contributed by atoms with Gasteiger partial charge in [0.2, 0.25) is 11.8 Å². The summed E-state index contributed by atoms with van der Waals surface area (Å²) in [5, 5.41) is 0. The Kier molecular flexibility index (Phi) is 4.77. The number of aromatic nitrogens is 5. The largest absolute Gasteiger partial charge is 0.481 e. The molecule has 184 valence electrons. The molecule has 3 aromatic rings. The van der Waals surface area contributed by atoms with E-state index in [-0.39, 0.29) is 25.4 Å². The lowest BCUT2D eigenvalue weighted by Gasteiger charge is -2.70. The summed E-state index contributed by atoms with van der Waals surface area (Å²) in [7, 11) is 1.56. The molecule has 4 fully saturated rings. The van der Waals surface area contributed by atoms with E-state index in [1.807, 2.05) is 30.9 Å². The highest BCUT2D eigenvalue weighted by Gasteiger charge is 2.79. The fourth-order valence-electron chi connectivity index (χ4n) is 5.72. The van der Waals surface area contributed by atoms with Crippen LogP contribution in [0.25, 0.3) is 11.2 Å². The number of nitrogens with zero attached hydrogens (tertiary/aromatic N) is 6. The molecule has 1 aliphatic heterocycles. The fraction of sp³-hybridized carbons (Fsp3) is 0.542. The van der Waals surface area contributed by atoms with Gasteiger partial charge in [0.1, 0.15) is 11.6 Å². The van der Waals surface area contributed by atoms with Crippen LogP contribution in [-0.4, -0.2) is 57.9 Å². The van der Waals surface area contributed by atoms with Crippen LogP contribution in [-0.2, 0) is 10.2 Å². The normalized spacial score (nSPS) is 27.9. The third kappa shape index (κ3) is 3.35. The fourth-order valence-corrected chi connectivity index (χ4v) is 5.72. The quantitative estimate of drug-likeness (QED) is 0.547. The van der Waals surface area contributed by atoms with Crippen LogP contribution in [0.1, 0.15) is 48.0 Å². The number of morpholine rings is 1. The molecule has 7 rings (SSSR count). The average Bonchev–Trinajstić information content (AvgIpc) is 2.77. The van der Waals surface area contributed by atoms with Gasteiger partial charge in [-0.25, -0.2) is 19.9 Å². The standard InChI is InChI=1S/C24H25F3N6O2/c1-13-14(2)30-20-18(29-13)19(22-10-23(11-22,12-22)24(25,26)27)31-21(32-20)33-6-7-35-16(9-33)15-4-5-28-17(8-15)34-3/h4-5,8,16H,6-7,9-12H2,1-3H3/t16?,22-,23-. The van der Waals surface area contributed by atoms with Gasteiger partial charge >= 0.3 is 6.18 Å². The highest BCUT2D eigenvalue weighted by Crippen LogP contribution is 2.78. The number of methoxy groups -OCH3 is 1. The van der Waals surface area contributed by atoms with Crippen LogP contribution in [0.2, 0.25) is 0 Å². The molecule has 0 N–H and O–H groups in total. The SMILES string of the molecule is COc1cc(C2CN(c3nc4nc(C)c(C)nc4c([C@]45C[C@@](C(F)(F)F)(C4)C5)n3)CCO2)ccn1. The lowest BCUT2D eigenvalue weighted by Crippen LogP contribution is -2.70. The minimum Gasteiger partial charge on any atom is -0.481 e. The Balaban J connectivity index is 1.37. The van der Waals surface area contributed by atoms with Crippen molar-refractivity contribution >= 4 is 17.1 Å². The highest BCUT2D eigenvalue weighted by atomic mass is 19.4. The van der Waals surface area contributed by atoms with Gasteiger partial charge in [-0.1, -0.05) is 0 Å². The zero-order chi connectivity index (χ0) is 24.6. The lowest BCUT2D eigenvalue weighted by molar-refractivity contribution is -0.337. The molecule has 3 aliphatic carbocycles. The highest BCUT2D eigenvalue weighted by molar-refractivity contribution is 5.77. The third-order valence-electron chi connectivity index (χ3n) is 7.75. The molecule has 35 heavy (non-hydrogen) atoms. The molecule has 2 bridgehead atoms. The van der Waals surface area contributed by atoms with Crippen LogP contribution >= 0.6 is 0 Å². The predicted molar refractivity (Wildman–Crippen MR) is 120 cm³/mol. The topological polar surface area (TPSA) is 86.2 Å². The van der Waals surface area contributed by atoms with Crippen molar-refractivity contribution in [3.05, 3.63) is 41.0 Å². The van der Waals surface area contributed by atoms with Gasteiger partial charge in [-0.3, -0.25) is 0 Å². The molecule has 4 aliphatic rings. The molecule has 1 unspecified atom stereocenters. The number of hydrogen-bond acceptors (Lipinski definition) is 8. The minimum atomic E-state index is -4.19. The van der Waals surface area contributed by atoms with E-state index in [0.717, 1.165) is 17.0 Å². The van der Waals surface area contributed by atoms with Gasteiger partial charge in [-0.05, 0) is 44.7 Å². The van der Waals surface area contributed by atoms with Crippen molar-refractivity contribution in [2.24, 2.45) is 5.41 Å². The number of rotatable bonds is 4. The summed E-state index contributed by atoms with van der Waals surface area (Å²) in [4.78, 5) is 25.0. The molecule has 0 aromatic carbocycles. The minimum absolute atomic E-state index is 0.0478. The monoisotopic (exact) mass is 486 g/mol. The molecule has 8 nitrogen and oxygen atoms in total. The molecule has 4 heterocycles. The predicted octanol–water partition coefficient (Wildman–Crippen LogP) is 4.00. The summed E-state index contributed by atoms with van der Waals surface area (Å²) in [6.07, 6.45) is -2.63. The smallest absolute Gasteiger partial charge is 0.394 e. The van der Waals surface area contributed by atoms with E-state index in [1.54, 1.807) is 13.3 Å². The maximum atomic E-state index is 13.6. The molecular formula is C24H25F3N6O2. The van der Waals surface area contributed by atoms with Crippen molar-refractivity contribution in [3.63, 3.8) is 0 Å². The van der Waals surface area contributed by atoms with E-state index in [4.69, 9.17) is 19.4 Å². The zero-order valence-corrected chi connectivity index (χ0v) is 19.7. The van der Waals surface area contributed by atoms with E-state index in [0.29, 0.717) is 48.4 Å².